The van der Waals surface area contributed by atoms with Crippen LogP contribution in [0.5, 0.6) is 5.75 Å². The van der Waals surface area contributed by atoms with E-state index in [2.05, 4.69) is 33.0 Å². The highest BCUT2D eigenvalue weighted by Gasteiger charge is 2.16. The van der Waals surface area contributed by atoms with Crippen molar-refractivity contribution in [3.63, 3.8) is 0 Å². The third-order valence-electron chi connectivity index (χ3n) is 5.12. The van der Waals surface area contributed by atoms with E-state index < -0.39 is 0 Å². The molecule has 0 atom stereocenters. The van der Waals surface area contributed by atoms with Crippen LogP contribution < -0.4 is 15.4 Å². The first-order chi connectivity index (χ1) is 13.2. The number of nitrogens with zero attached hydrogens (tertiary/aromatic N) is 4. The van der Waals surface area contributed by atoms with Gasteiger partial charge >= 0.3 is 0 Å². The predicted octanol–water partition coefficient (Wildman–Crippen LogP) is 2.35. The highest BCUT2D eigenvalue weighted by Crippen LogP contribution is 2.17. The molecule has 0 radical (unpaired) electrons. The molecule has 2 aromatic rings. The van der Waals surface area contributed by atoms with Crippen LogP contribution in [0.1, 0.15) is 42.9 Å². The van der Waals surface area contributed by atoms with Crippen LogP contribution >= 0.6 is 0 Å². The quantitative estimate of drug-likeness (QED) is 0.578. The van der Waals surface area contributed by atoms with Gasteiger partial charge in [-0.15, -0.1) is 10.2 Å². The van der Waals surface area contributed by atoms with Gasteiger partial charge in [0.15, 0.2) is 11.8 Å². The molecule has 146 valence electrons. The van der Waals surface area contributed by atoms with E-state index in [-0.39, 0.29) is 0 Å². The average molecular weight is 371 g/mol. The number of aliphatic imine (C=N–C) groups is 1. The number of nitrogens with one attached hydrogen (secondary N) is 2. The molecule has 1 aliphatic rings. The molecule has 2 N–H and O–H groups in total. The summed E-state index contributed by atoms with van der Waals surface area (Å²) in [6.07, 6.45) is 5.93. The van der Waals surface area contributed by atoms with Gasteiger partial charge in [-0.05, 0) is 43.9 Å². The van der Waals surface area contributed by atoms with Crippen LogP contribution in [0.3, 0.4) is 0 Å². The second-order valence-electron chi connectivity index (χ2n) is 7.04. The molecule has 1 aromatic heterocycles. The lowest BCUT2D eigenvalue weighted by atomic mass is 10.1. The van der Waals surface area contributed by atoms with Gasteiger partial charge in [0.05, 0.1) is 7.11 Å². The lowest BCUT2D eigenvalue weighted by Gasteiger charge is -2.17. The van der Waals surface area contributed by atoms with Crippen molar-refractivity contribution < 1.29 is 4.74 Å². The third kappa shape index (κ3) is 5.45. The highest BCUT2D eigenvalue weighted by atomic mass is 16.5. The summed E-state index contributed by atoms with van der Waals surface area (Å²) in [5.74, 6) is 3.51. The topological polar surface area (TPSA) is 76.4 Å². The number of aryl methyl sites for hydroxylation is 1. The molecule has 0 saturated heterocycles. The fourth-order valence-corrected chi connectivity index (χ4v) is 3.27. The van der Waals surface area contributed by atoms with Gasteiger partial charge in [-0.25, -0.2) is 4.99 Å². The van der Waals surface area contributed by atoms with Crippen molar-refractivity contribution in [1.29, 1.82) is 0 Å². The first-order valence-corrected chi connectivity index (χ1v) is 9.68. The second-order valence-corrected chi connectivity index (χ2v) is 7.04. The highest BCUT2D eigenvalue weighted by molar-refractivity contribution is 5.80. The molecule has 1 heterocycles. The lowest BCUT2D eigenvalue weighted by molar-refractivity contribution is 0.414. The Kier molecular flexibility index (Phi) is 6.68. The summed E-state index contributed by atoms with van der Waals surface area (Å²) in [6.45, 7) is 3.29. The SMILES string of the molecule is COc1ccc(CCNC(=NCc2nnc(C)n2C)NC2CCCC2)cc1. The first kappa shape index (κ1) is 19.2. The molecule has 27 heavy (non-hydrogen) atoms. The molecule has 1 aliphatic carbocycles. The molecule has 0 bridgehead atoms. The van der Waals surface area contributed by atoms with Gasteiger partial charge in [0, 0.05) is 19.6 Å². The normalized spacial score (nSPS) is 15.1. The Morgan fingerprint density at radius 1 is 1.22 bits per heavy atom. The van der Waals surface area contributed by atoms with E-state index in [9.17, 15) is 0 Å². The molecule has 0 spiro atoms. The number of hydrogen-bond donors (Lipinski definition) is 2. The molecule has 1 fully saturated rings. The number of methoxy groups -OCH3 is 1. The van der Waals surface area contributed by atoms with Gasteiger partial charge in [-0.1, -0.05) is 25.0 Å². The van der Waals surface area contributed by atoms with E-state index in [0.717, 1.165) is 36.3 Å². The third-order valence-corrected chi connectivity index (χ3v) is 5.12. The van der Waals surface area contributed by atoms with Crippen LogP contribution in [-0.4, -0.2) is 40.4 Å². The minimum absolute atomic E-state index is 0.512. The van der Waals surface area contributed by atoms with Gasteiger partial charge in [0.25, 0.3) is 0 Å². The smallest absolute Gasteiger partial charge is 0.191 e. The summed E-state index contributed by atoms with van der Waals surface area (Å²) >= 11 is 0. The van der Waals surface area contributed by atoms with Crippen LogP contribution in [0.4, 0.5) is 0 Å². The van der Waals surface area contributed by atoms with Crippen molar-refractivity contribution in [3.05, 3.63) is 41.5 Å². The summed E-state index contributed by atoms with van der Waals surface area (Å²) in [5, 5.41) is 15.4. The number of aromatic nitrogens is 3. The average Bonchev–Trinajstić information content (AvgIpc) is 3.31. The zero-order valence-electron chi connectivity index (χ0n) is 16.5. The minimum atomic E-state index is 0.512. The molecular weight excluding hydrogens is 340 g/mol. The van der Waals surface area contributed by atoms with Gasteiger partial charge in [-0.2, -0.15) is 0 Å². The zero-order valence-corrected chi connectivity index (χ0v) is 16.5. The summed E-state index contributed by atoms with van der Waals surface area (Å²) in [4.78, 5) is 4.74. The van der Waals surface area contributed by atoms with Crippen molar-refractivity contribution in [2.24, 2.45) is 12.0 Å². The maximum atomic E-state index is 5.21. The Morgan fingerprint density at radius 2 is 1.96 bits per heavy atom. The summed E-state index contributed by atoms with van der Waals surface area (Å²) in [6, 6.07) is 8.71. The van der Waals surface area contributed by atoms with E-state index in [0.29, 0.717) is 12.6 Å². The number of guanidine groups is 1. The van der Waals surface area contributed by atoms with Gasteiger partial charge < -0.3 is 19.9 Å². The van der Waals surface area contributed by atoms with Gasteiger partial charge in [-0.3, -0.25) is 0 Å². The van der Waals surface area contributed by atoms with E-state index in [4.69, 9.17) is 9.73 Å². The fourth-order valence-electron chi connectivity index (χ4n) is 3.27. The Balaban J connectivity index is 1.58. The van der Waals surface area contributed by atoms with Crippen molar-refractivity contribution in [1.82, 2.24) is 25.4 Å². The zero-order chi connectivity index (χ0) is 19.1. The number of rotatable bonds is 7. The van der Waals surface area contributed by atoms with E-state index in [1.165, 1.54) is 31.2 Å². The van der Waals surface area contributed by atoms with Crippen molar-refractivity contribution >= 4 is 5.96 Å². The molecule has 1 saturated carbocycles. The van der Waals surface area contributed by atoms with E-state index in [1.807, 2.05) is 30.7 Å². The Bertz CT molecular complexity index is 746. The number of ether oxygens (including phenoxy) is 1. The van der Waals surface area contributed by atoms with E-state index in [1.54, 1.807) is 7.11 Å². The molecule has 3 rings (SSSR count). The minimum Gasteiger partial charge on any atom is -0.497 e. The molecular formula is C20H30N6O. The van der Waals surface area contributed by atoms with Crippen molar-refractivity contribution in [3.8, 4) is 5.75 Å². The Labute approximate surface area is 161 Å². The fraction of sp³-hybridized carbons (Fsp3) is 0.550. The second kappa shape index (κ2) is 9.39. The molecule has 7 heteroatoms. The largest absolute Gasteiger partial charge is 0.497 e. The molecule has 0 aliphatic heterocycles. The maximum Gasteiger partial charge on any atom is 0.191 e. The Hall–Kier alpha value is -2.57. The van der Waals surface area contributed by atoms with Crippen molar-refractivity contribution in [2.45, 2.75) is 51.6 Å². The van der Waals surface area contributed by atoms with Gasteiger partial charge in [0.2, 0.25) is 0 Å². The summed E-state index contributed by atoms with van der Waals surface area (Å²) < 4.78 is 7.19. The standard InChI is InChI=1S/C20H30N6O/c1-15-24-25-19(26(15)2)14-22-20(23-17-6-4-5-7-17)21-13-12-16-8-10-18(27-3)11-9-16/h8-11,17H,4-7,12-14H2,1-3H3,(H2,21,22,23). The van der Waals surface area contributed by atoms with Gasteiger partial charge in [0.1, 0.15) is 18.1 Å². The first-order valence-electron chi connectivity index (χ1n) is 9.68. The molecule has 0 unspecified atom stereocenters. The molecule has 7 nitrogen and oxygen atoms in total. The number of benzene rings is 1. The monoisotopic (exact) mass is 370 g/mol. The Morgan fingerprint density at radius 3 is 2.59 bits per heavy atom. The van der Waals surface area contributed by atoms with Crippen LogP contribution in [0, 0.1) is 6.92 Å². The van der Waals surface area contributed by atoms with Crippen molar-refractivity contribution in [2.75, 3.05) is 13.7 Å². The van der Waals surface area contributed by atoms with Crippen LogP contribution in [0.15, 0.2) is 29.3 Å². The van der Waals surface area contributed by atoms with Crippen LogP contribution in [0.25, 0.3) is 0 Å². The van der Waals surface area contributed by atoms with Crippen LogP contribution in [0.2, 0.25) is 0 Å². The molecule has 0 amide bonds. The maximum absolute atomic E-state index is 5.21. The number of hydrogen-bond acceptors (Lipinski definition) is 4. The summed E-state index contributed by atoms with van der Waals surface area (Å²) in [5.41, 5.74) is 1.27. The van der Waals surface area contributed by atoms with E-state index >= 15 is 0 Å². The lowest BCUT2D eigenvalue weighted by Crippen LogP contribution is -2.43. The predicted molar refractivity (Wildman–Crippen MR) is 107 cm³/mol. The summed E-state index contributed by atoms with van der Waals surface area (Å²) in [7, 11) is 3.66. The molecule has 1 aromatic carbocycles. The van der Waals surface area contributed by atoms with Crippen LogP contribution in [-0.2, 0) is 20.0 Å².